The highest BCUT2D eigenvalue weighted by atomic mass is 19.1. The number of hydrogen-bond donors (Lipinski definition) is 2. The largest absolute Gasteiger partial charge is 0.381 e. The van der Waals surface area contributed by atoms with Gasteiger partial charge in [-0.15, -0.1) is 0 Å². The van der Waals surface area contributed by atoms with Gasteiger partial charge < -0.3 is 11.1 Å². The van der Waals surface area contributed by atoms with E-state index in [0.29, 0.717) is 5.95 Å². The zero-order chi connectivity index (χ0) is 9.97. The number of nitrogens with one attached hydrogen (secondary N) is 1. The summed E-state index contributed by atoms with van der Waals surface area (Å²) in [5.74, 6) is 0.594. The molecule has 4 nitrogen and oxygen atoms in total. The Morgan fingerprint density at radius 2 is 2.36 bits per heavy atom. The summed E-state index contributed by atoms with van der Waals surface area (Å²) < 4.78 is 12.7. The van der Waals surface area contributed by atoms with Crippen molar-refractivity contribution in [1.82, 2.24) is 9.97 Å². The van der Waals surface area contributed by atoms with Gasteiger partial charge in [-0.05, 0) is 12.3 Å². The lowest BCUT2D eigenvalue weighted by Crippen LogP contribution is -2.08. The number of nitrogen functional groups attached to an aromatic ring is 1. The van der Waals surface area contributed by atoms with Gasteiger partial charge in [0.15, 0.2) is 11.6 Å². The maximum absolute atomic E-state index is 12.7. The predicted molar refractivity (Wildman–Crippen MR) is 52.2 cm³/mol. The van der Waals surface area contributed by atoms with Gasteiger partial charge in [-0.3, -0.25) is 0 Å². The van der Waals surface area contributed by atoms with Crippen LogP contribution in [0, 0.1) is 11.7 Å². The zero-order valence-electron chi connectivity index (χ0n) is 7.83. The molecule has 1 aliphatic rings. The first kappa shape index (κ1) is 9.18. The van der Waals surface area contributed by atoms with E-state index in [2.05, 4.69) is 15.3 Å². The van der Waals surface area contributed by atoms with E-state index in [1.165, 1.54) is 12.8 Å². The van der Waals surface area contributed by atoms with E-state index in [1.54, 1.807) is 0 Å². The number of rotatable bonds is 4. The van der Waals surface area contributed by atoms with Gasteiger partial charge in [0.1, 0.15) is 0 Å². The van der Waals surface area contributed by atoms with Crippen LogP contribution in [0.2, 0.25) is 0 Å². The molecule has 1 aromatic rings. The molecule has 2 rings (SSSR count). The summed E-state index contributed by atoms with van der Waals surface area (Å²) >= 11 is 0. The number of nitrogens with zero attached hydrogens (tertiary/aromatic N) is 2. The van der Waals surface area contributed by atoms with Gasteiger partial charge in [-0.25, -0.2) is 9.37 Å². The topological polar surface area (TPSA) is 63.8 Å². The minimum atomic E-state index is -0.572. The van der Waals surface area contributed by atoms with Crippen LogP contribution >= 0.6 is 0 Å². The molecule has 3 N–H and O–H groups in total. The Balaban J connectivity index is 1.85. The SMILES string of the molecule is Nc1nc(NCCC2CC2)ncc1F. The molecule has 1 saturated carbocycles. The van der Waals surface area contributed by atoms with Gasteiger partial charge in [-0.1, -0.05) is 12.8 Å². The smallest absolute Gasteiger partial charge is 0.224 e. The monoisotopic (exact) mass is 196 g/mol. The van der Waals surface area contributed by atoms with Crippen LogP contribution in [0.15, 0.2) is 6.20 Å². The fourth-order valence-corrected chi connectivity index (χ4v) is 1.26. The molecule has 0 unspecified atom stereocenters. The van der Waals surface area contributed by atoms with Crippen molar-refractivity contribution in [3.8, 4) is 0 Å². The first-order chi connectivity index (χ1) is 6.75. The van der Waals surface area contributed by atoms with Crippen LogP contribution in [0.4, 0.5) is 16.2 Å². The minimum absolute atomic E-state index is 0.103. The van der Waals surface area contributed by atoms with Crippen LogP contribution in [0.5, 0.6) is 0 Å². The maximum atomic E-state index is 12.7. The molecule has 76 valence electrons. The van der Waals surface area contributed by atoms with Crippen LogP contribution in [-0.4, -0.2) is 16.5 Å². The molecule has 1 aliphatic carbocycles. The molecule has 1 aromatic heterocycles. The number of aromatic nitrogens is 2. The van der Waals surface area contributed by atoms with Gasteiger partial charge >= 0.3 is 0 Å². The van der Waals surface area contributed by atoms with Gasteiger partial charge in [0.25, 0.3) is 0 Å². The Labute approximate surface area is 81.7 Å². The van der Waals surface area contributed by atoms with Gasteiger partial charge in [-0.2, -0.15) is 4.98 Å². The van der Waals surface area contributed by atoms with E-state index in [-0.39, 0.29) is 5.82 Å². The molecule has 0 amide bonds. The molecule has 0 saturated heterocycles. The predicted octanol–water partition coefficient (Wildman–Crippen LogP) is 1.41. The second-order valence-electron chi connectivity index (χ2n) is 3.59. The summed E-state index contributed by atoms with van der Waals surface area (Å²) in [7, 11) is 0. The number of halogens is 1. The lowest BCUT2D eigenvalue weighted by Gasteiger charge is -2.04. The van der Waals surface area contributed by atoms with Crippen molar-refractivity contribution in [2.24, 2.45) is 5.92 Å². The second-order valence-corrected chi connectivity index (χ2v) is 3.59. The number of hydrogen-bond acceptors (Lipinski definition) is 4. The normalized spacial score (nSPS) is 15.5. The van der Waals surface area contributed by atoms with Crippen molar-refractivity contribution >= 4 is 11.8 Å². The lowest BCUT2D eigenvalue weighted by atomic mass is 10.3. The van der Waals surface area contributed by atoms with Gasteiger partial charge in [0, 0.05) is 6.54 Å². The Bertz CT molecular complexity index is 325. The highest BCUT2D eigenvalue weighted by Crippen LogP contribution is 2.31. The average molecular weight is 196 g/mol. The van der Waals surface area contributed by atoms with E-state index in [4.69, 9.17) is 5.73 Å². The van der Waals surface area contributed by atoms with Crippen LogP contribution in [0.1, 0.15) is 19.3 Å². The van der Waals surface area contributed by atoms with E-state index in [0.717, 1.165) is 25.1 Å². The summed E-state index contributed by atoms with van der Waals surface area (Å²) in [5, 5.41) is 3.02. The molecule has 0 atom stereocenters. The van der Waals surface area contributed by atoms with Gasteiger partial charge in [0.2, 0.25) is 5.95 Å². The molecule has 1 fully saturated rings. The summed E-state index contributed by atoms with van der Waals surface area (Å²) in [6.07, 6.45) is 4.87. The summed E-state index contributed by atoms with van der Waals surface area (Å²) in [6, 6.07) is 0. The summed E-state index contributed by atoms with van der Waals surface area (Å²) in [5.41, 5.74) is 5.30. The van der Waals surface area contributed by atoms with Crippen LogP contribution < -0.4 is 11.1 Å². The number of nitrogens with two attached hydrogens (primary N) is 1. The van der Waals surface area contributed by atoms with Crippen LogP contribution in [0.25, 0.3) is 0 Å². The lowest BCUT2D eigenvalue weighted by molar-refractivity contribution is 0.619. The van der Waals surface area contributed by atoms with E-state index < -0.39 is 5.82 Å². The Hall–Kier alpha value is -1.39. The molecule has 14 heavy (non-hydrogen) atoms. The van der Waals surface area contributed by atoms with Crippen molar-refractivity contribution < 1.29 is 4.39 Å². The van der Waals surface area contributed by atoms with E-state index in [1.807, 2.05) is 0 Å². The van der Waals surface area contributed by atoms with Crippen LogP contribution in [-0.2, 0) is 0 Å². The summed E-state index contributed by atoms with van der Waals surface area (Å²) in [6.45, 7) is 0.829. The average Bonchev–Trinajstić information content (AvgIpc) is 2.95. The van der Waals surface area contributed by atoms with Crippen molar-refractivity contribution in [1.29, 1.82) is 0 Å². The van der Waals surface area contributed by atoms with Crippen LogP contribution in [0.3, 0.4) is 0 Å². The standard InChI is InChI=1S/C9H13FN4/c10-7-5-13-9(14-8(7)11)12-4-3-6-1-2-6/h5-6H,1-4H2,(H3,11,12,13,14). The Kier molecular flexibility index (Phi) is 2.47. The first-order valence-corrected chi connectivity index (χ1v) is 4.77. The molecule has 0 radical (unpaired) electrons. The third kappa shape index (κ3) is 2.31. The summed E-state index contributed by atoms with van der Waals surface area (Å²) in [4.78, 5) is 7.55. The highest BCUT2D eigenvalue weighted by molar-refractivity contribution is 5.36. The zero-order valence-corrected chi connectivity index (χ0v) is 7.83. The van der Waals surface area contributed by atoms with E-state index in [9.17, 15) is 4.39 Å². The van der Waals surface area contributed by atoms with E-state index >= 15 is 0 Å². The fraction of sp³-hybridized carbons (Fsp3) is 0.556. The molecular formula is C9H13FN4. The van der Waals surface area contributed by atoms with Crippen molar-refractivity contribution in [3.05, 3.63) is 12.0 Å². The molecule has 0 aromatic carbocycles. The van der Waals surface area contributed by atoms with Crippen molar-refractivity contribution in [3.63, 3.8) is 0 Å². The minimum Gasteiger partial charge on any atom is -0.381 e. The second kappa shape index (κ2) is 3.77. The maximum Gasteiger partial charge on any atom is 0.224 e. The molecule has 0 aliphatic heterocycles. The molecule has 0 spiro atoms. The molecule has 1 heterocycles. The quantitative estimate of drug-likeness (QED) is 0.764. The Morgan fingerprint density at radius 3 is 3.00 bits per heavy atom. The number of anilines is 2. The third-order valence-corrected chi connectivity index (χ3v) is 2.30. The van der Waals surface area contributed by atoms with Crippen molar-refractivity contribution in [2.45, 2.75) is 19.3 Å². The van der Waals surface area contributed by atoms with Crippen molar-refractivity contribution in [2.75, 3.05) is 17.6 Å². The molecule has 0 bridgehead atoms. The Morgan fingerprint density at radius 1 is 1.57 bits per heavy atom. The molecule has 5 heteroatoms. The first-order valence-electron chi connectivity index (χ1n) is 4.77. The fourth-order valence-electron chi connectivity index (χ4n) is 1.26. The third-order valence-electron chi connectivity index (χ3n) is 2.30. The highest BCUT2D eigenvalue weighted by Gasteiger charge is 2.20. The molecular weight excluding hydrogens is 183 g/mol. The van der Waals surface area contributed by atoms with Gasteiger partial charge in [0.05, 0.1) is 6.20 Å².